The number of anilines is 1. The largest absolute Gasteiger partial charge is 0.494 e. The van der Waals surface area contributed by atoms with E-state index in [9.17, 15) is 18.0 Å². The minimum atomic E-state index is -4.55. The number of hydrogen-bond donors (Lipinski definition) is 0. The molecule has 1 atom stereocenters. The molecule has 0 saturated carbocycles. The number of likely N-dealkylation sites (tertiary alicyclic amines) is 1. The topological polar surface area (TPSA) is 42.6 Å². The summed E-state index contributed by atoms with van der Waals surface area (Å²) in [6, 6.07) is 15.4. The summed E-state index contributed by atoms with van der Waals surface area (Å²) < 4.78 is 65.3. The lowest BCUT2D eigenvalue weighted by Gasteiger charge is -2.25. The van der Waals surface area contributed by atoms with Crippen LogP contribution in [0.4, 0.5) is 23.2 Å². The number of alkyl halides is 3. The minimum absolute atomic E-state index is 0.00184. The van der Waals surface area contributed by atoms with Crippen LogP contribution in [0.25, 0.3) is 11.0 Å². The molecule has 0 spiro atoms. The first-order valence-corrected chi connectivity index (χ1v) is 13.9. The molecule has 4 aromatic rings. The lowest BCUT2D eigenvalue weighted by molar-refractivity contribution is -0.138. The first kappa shape index (κ1) is 27.4. The van der Waals surface area contributed by atoms with Crippen molar-refractivity contribution in [3.8, 4) is 5.75 Å². The highest BCUT2D eigenvalue weighted by molar-refractivity contribution is 5.83. The number of halogens is 4. The Morgan fingerprint density at radius 1 is 0.902 bits per heavy atom. The summed E-state index contributed by atoms with van der Waals surface area (Å²) in [6.45, 7) is 3.35. The second kappa shape index (κ2) is 10.9. The summed E-state index contributed by atoms with van der Waals surface area (Å²) in [5.74, 6) is 0.113. The molecule has 2 fully saturated rings. The molecule has 6 rings (SSSR count). The normalized spacial score (nSPS) is 18.1. The van der Waals surface area contributed by atoms with Gasteiger partial charge in [0.2, 0.25) is 0 Å². The first-order chi connectivity index (χ1) is 19.8. The fourth-order valence-electron chi connectivity index (χ4n) is 6.45. The van der Waals surface area contributed by atoms with Crippen LogP contribution in [0.3, 0.4) is 0 Å². The summed E-state index contributed by atoms with van der Waals surface area (Å²) in [5, 5.41) is 0. The zero-order valence-corrected chi connectivity index (χ0v) is 22.8. The third kappa shape index (κ3) is 5.09. The maximum Gasteiger partial charge on any atom is 0.416 e. The van der Waals surface area contributed by atoms with E-state index in [1.54, 1.807) is 28.8 Å². The van der Waals surface area contributed by atoms with E-state index in [2.05, 4.69) is 4.90 Å². The monoisotopic (exact) mass is 568 g/mol. The highest BCUT2D eigenvalue weighted by Crippen LogP contribution is 2.36. The van der Waals surface area contributed by atoms with Gasteiger partial charge in [0.15, 0.2) is 0 Å². The molecule has 10 heteroatoms. The zero-order valence-electron chi connectivity index (χ0n) is 22.8. The summed E-state index contributed by atoms with van der Waals surface area (Å²) >= 11 is 0. The average molecular weight is 569 g/mol. The number of aromatic nitrogens is 2. The SMILES string of the molecule is COc1cccc2c1n(Cc1ccccc1C(F)(F)F)c(=O)n2C1CCN(c2c(F)cccc2CN2CCCC2)C1. The fraction of sp³-hybridized carbons (Fsp3) is 0.387. The maximum absolute atomic E-state index is 15.3. The fourth-order valence-corrected chi connectivity index (χ4v) is 6.45. The summed E-state index contributed by atoms with van der Waals surface area (Å²) in [5.41, 5.74) is 1.31. The van der Waals surface area contributed by atoms with Crippen LogP contribution >= 0.6 is 0 Å². The number of ether oxygens (including phenoxy) is 1. The van der Waals surface area contributed by atoms with Gasteiger partial charge in [-0.25, -0.2) is 9.18 Å². The van der Waals surface area contributed by atoms with Crippen molar-refractivity contribution in [1.29, 1.82) is 0 Å². The molecule has 1 aromatic heterocycles. The molecule has 2 aliphatic heterocycles. The lowest BCUT2D eigenvalue weighted by Crippen LogP contribution is -2.31. The Morgan fingerprint density at radius 3 is 2.39 bits per heavy atom. The number of benzene rings is 3. The summed E-state index contributed by atoms with van der Waals surface area (Å²) in [4.78, 5) is 18.3. The Balaban J connectivity index is 1.39. The predicted octanol–water partition coefficient (Wildman–Crippen LogP) is 6.07. The molecule has 0 radical (unpaired) electrons. The highest BCUT2D eigenvalue weighted by atomic mass is 19.4. The van der Waals surface area contributed by atoms with Crippen molar-refractivity contribution in [3.05, 3.63) is 93.7 Å². The van der Waals surface area contributed by atoms with Gasteiger partial charge in [0, 0.05) is 19.6 Å². The van der Waals surface area contributed by atoms with Gasteiger partial charge in [0.1, 0.15) is 17.1 Å². The quantitative estimate of drug-likeness (QED) is 0.254. The van der Waals surface area contributed by atoms with Crippen LogP contribution in [0.15, 0.2) is 65.5 Å². The Morgan fingerprint density at radius 2 is 1.63 bits per heavy atom. The van der Waals surface area contributed by atoms with Crippen LogP contribution < -0.4 is 15.3 Å². The molecule has 3 aromatic carbocycles. The van der Waals surface area contributed by atoms with Gasteiger partial charge in [-0.2, -0.15) is 13.2 Å². The molecule has 0 N–H and O–H groups in total. The Kier molecular flexibility index (Phi) is 7.27. The number of para-hydroxylation sites is 2. The van der Waals surface area contributed by atoms with E-state index in [0.29, 0.717) is 48.5 Å². The molecule has 1 unspecified atom stereocenters. The molecular formula is C31H32F4N4O2. The van der Waals surface area contributed by atoms with Crippen molar-refractivity contribution in [3.63, 3.8) is 0 Å². The number of methoxy groups -OCH3 is 1. The molecule has 2 saturated heterocycles. The van der Waals surface area contributed by atoms with E-state index in [-0.39, 0.29) is 24.0 Å². The van der Waals surface area contributed by atoms with Gasteiger partial charge in [-0.1, -0.05) is 36.4 Å². The Labute approximate surface area is 235 Å². The molecule has 0 amide bonds. The van der Waals surface area contributed by atoms with Gasteiger partial charge < -0.3 is 9.64 Å². The second-order valence-electron chi connectivity index (χ2n) is 10.8. The second-order valence-corrected chi connectivity index (χ2v) is 10.8. The van der Waals surface area contributed by atoms with Crippen molar-refractivity contribution in [1.82, 2.24) is 14.0 Å². The third-order valence-corrected chi connectivity index (χ3v) is 8.32. The lowest BCUT2D eigenvalue weighted by atomic mass is 10.1. The molecule has 0 bridgehead atoms. The number of imidazole rings is 1. The minimum Gasteiger partial charge on any atom is -0.494 e. The smallest absolute Gasteiger partial charge is 0.416 e. The third-order valence-electron chi connectivity index (χ3n) is 8.32. The summed E-state index contributed by atoms with van der Waals surface area (Å²) in [6.07, 6.45) is -1.69. The summed E-state index contributed by atoms with van der Waals surface area (Å²) in [7, 11) is 1.47. The Bertz CT molecular complexity index is 1620. The van der Waals surface area contributed by atoms with Gasteiger partial charge in [-0.05, 0) is 67.7 Å². The number of hydrogen-bond acceptors (Lipinski definition) is 4. The van der Waals surface area contributed by atoms with Crippen LogP contribution in [0.5, 0.6) is 5.75 Å². The van der Waals surface area contributed by atoms with Crippen LogP contribution in [0, 0.1) is 5.82 Å². The van der Waals surface area contributed by atoms with E-state index in [1.165, 1.54) is 35.9 Å². The molecule has 3 heterocycles. The van der Waals surface area contributed by atoms with E-state index in [1.807, 2.05) is 11.0 Å². The number of fused-ring (bicyclic) bond motifs is 1. The van der Waals surface area contributed by atoms with Crippen molar-refractivity contribution in [2.24, 2.45) is 0 Å². The van der Waals surface area contributed by atoms with Gasteiger partial charge >= 0.3 is 11.9 Å². The molecule has 6 nitrogen and oxygen atoms in total. The van der Waals surface area contributed by atoms with Gasteiger partial charge in [-0.3, -0.25) is 14.0 Å². The van der Waals surface area contributed by atoms with E-state index in [4.69, 9.17) is 4.74 Å². The van der Waals surface area contributed by atoms with Crippen LogP contribution in [0.1, 0.15) is 42.0 Å². The maximum atomic E-state index is 15.3. The van der Waals surface area contributed by atoms with Crippen LogP contribution in [0.2, 0.25) is 0 Å². The van der Waals surface area contributed by atoms with Crippen LogP contribution in [-0.2, 0) is 19.3 Å². The molecule has 0 aliphatic carbocycles. The predicted molar refractivity (Wildman–Crippen MR) is 150 cm³/mol. The van der Waals surface area contributed by atoms with Gasteiger partial charge in [-0.15, -0.1) is 0 Å². The molecule has 2 aliphatic rings. The molecule has 41 heavy (non-hydrogen) atoms. The van der Waals surface area contributed by atoms with E-state index < -0.39 is 17.4 Å². The number of rotatable bonds is 7. The van der Waals surface area contributed by atoms with Crippen LogP contribution in [-0.4, -0.2) is 47.3 Å². The Hall–Kier alpha value is -3.79. The van der Waals surface area contributed by atoms with Crippen molar-refractivity contribution in [2.75, 3.05) is 38.2 Å². The van der Waals surface area contributed by atoms with Gasteiger partial charge in [0.25, 0.3) is 0 Å². The molecule has 216 valence electrons. The first-order valence-electron chi connectivity index (χ1n) is 13.9. The van der Waals surface area contributed by atoms with Crippen molar-refractivity contribution < 1.29 is 22.3 Å². The standard InChI is InChI=1S/C31H32F4N4O2/c1-41-27-13-7-12-26-29(27)38(19-21-8-2-3-10-24(21)31(33,34)35)30(40)39(26)23-14-17-37(20-23)28-22(9-6-11-25(28)32)18-36-15-4-5-16-36/h2-3,6-13,23H,4-5,14-20H2,1H3. The van der Waals surface area contributed by atoms with E-state index in [0.717, 1.165) is 37.6 Å². The van der Waals surface area contributed by atoms with Crippen molar-refractivity contribution in [2.45, 2.75) is 44.6 Å². The zero-order chi connectivity index (χ0) is 28.7. The number of nitrogens with zero attached hydrogens (tertiary/aromatic N) is 4. The van der Waals surface area contributed by atoms with Gasteiger partial charge in [0.05, 0.1) is 36.5 Å². The highest BCUT2D eigenvalue weighted by Gasteiger charge is 2.35. The van der Waals surface area contributed by atoms with E-state index >= 15 is 4.39 Å². The molecular weight excluding hydrogens is 536 g/mol. The van der Waals surface area contributed by atoms with Crippen molar-refractivity contribution >= 4 is 16.7 Å². The average Bonchev–Trinajstić information content (AvgIpc) is 3.69.